The predicted molar refractivity (Wildman–Crippen MR) is 102 cm³/mol. The number of likely N-dealkylation sites (N-methyl/N-ethyl adjacent to an activating group) is 1. The number of anilines is 2. The third-order valence-corrected chi connectivity index (χ3v) is 4.46. The topological polar surface area (TPSA) is 82.4 Å². The molecule has 0 bridgehead atoms. The number of carbonyl (C=O) groups excluding carboxylic acids is 1. The Bertz CT molecular complexity index is 1040. The second kappa shape index (κ2) is 6.92. The van der Waals surface area contributed by atoms with E-state index in [9.17, 15) is 4.79 Å². The molecule has 7 heteroatoms. The van der Waals surface area contributed by atoms with Crippen LogP contribution < -0.4 is 14.5 Å². The average Bonchev–Trinajstić information content (AvgIpc) is 2.71. The smallest absolute Gasteiger partial charge is 0.266 e. The summed E-state index contributed by atoms with van der Waals surface area (Å²) in [5, 5.41) is 8.84. The van der Waals surface area contributed by atoms with Crippen LogP contribution >= 0.6 is 0 Å². The van der Waals surface area contributed by atoms with Gasteiger partial charge < -0.3 is 9.64 Å². The molecular weight excluding hydrogens is 342 g/mol. The van der Waals surface area contributed by atoms with E-state index in [0.717, 1.165) is 11.0 Å². The van der Waals surface area contributed by atoms with Gasteiger partial charge in [-0.3, -0.25) is 9.69 Å². The number of amides is 1. The molecule has 134 valence electrons. The number of carbonyl (C=O) groups is 1. The van der Waals surface area contributed by atoms with Gasteiger partial charge in [-0.2, -0.15) is 5.26 Å². The normalized spacial score (nSPS) is 13.2. The monoisotopic (exact) mass is 359 g/mol. The molecule has 2 aromatic carbocycles. The summed E-state index contributed by atoms with van der Waals surface area (Å²) < 4.78 is 5.59. The zero-order valence-electron chi connectivity index (χ0n) is 14.8. The molecule has 1 aliphatic heterocycles. The summed E-state index contributed by atoms with van der Waals surface area (Å²) in [6.07, 6.45) is 0. The van der Waals surface area contributed by atoms with Crippen molar-refractivity contribution in [2.45, 2.75) is 0 Å². The molecule has 0 N–H and O–H groups in total. The highest BCUT2D eigenvalue weighted by Crippen LogP contribution is 2.30. The van der Waals surface area contributed by atoms with E-state index in [1.807, 2.05) is 42.3 Å². The van der Waals surface area contributed by atoms with Gasteiger partial charge in [0.05, 0.1) is 22.7 Å². The fraction of sp³-hybridized carbons (Fsp3) is 0.200. The average molecular weight is 359 g/mol. The van der Waals surface area contributed by atoms with Crippen LogP contribution in [0.4, 0.5) is 11.6 Å². The van der Waals surface area contributed by atoms with Gasteiger partial charge in [0.25, 0.3) is 5.91 Å². The number of rotatable bonds is 3. The Hall–Kier alpha value is -3.66. The molecular formula is C20H17N5O2. The number of nitrogens with zero attached hydrogens (tertiary/aromatic N) is 5. The van der Waals surface area contributed by atoms with Crippen LogP contribution in [0.2, 0.25) is 0 Å². The van der Waals surface area contributed by atoms with Gasteiger partial charge in [0, 0.05) is 20.1 Å². The number of para-hydroxylation sites is 2. The van der Waals surface area contributed by atoms with Gasteiger partial charge in [-0.1, -0.05) is 12.1 Å². The number of fused-ring (bicyclic) bond motifs is 2. The summed E-state index contributed by atoms with van der Waals surface area (Å²) in [5.41, 5.74) is 2.09. The third kappa shape index (κ3) is 3.25. The maximum Gasteiger partial charge on any atom is 0.266 e. The van der Waals surface area contributed by atoms with E-state index in [1.165, 1.54) is 0 Å². The van der Waals surface area contributed by atoms with Crippen molar-refractivity contribution in [2.75, 3.05) is 36.5 Å². The lowest BCUT2D eigenvalue weighted by Crippen LogP contribution is -2.45. The van der Waals surface area contributed by atoms with E-state index < -0.39 is 0 Å². The number of ether oxygens (including phenoxy) is 1. The maximum atomic E-state index is 12.8. The van der Waals surface area contributed by atoms with Gasteiger partial charge in [-0.05, 0) is 36.4 Å². The first-order valence-corrected chi connectivity index (χ1v) is 8.57. The molecule has 0 radical (unpaired) electrons. The van der Waals surface area contributed by atoms with E-state index in [0.29, 0.717) is 36.0 Å². The Morgan fingerprint density at radius 2 is 1.74 bits per heavy atom. The predicted octanol–water partition coefficient (Wildman–Crippen LogP) is 2.36. The van der Waals surface area contributed by atoms with Gasteiger partial charge >= 0.3 is 0 Å². The Balaban J connectivity index is 1.57. The summed E-state index contributed by atoms with van der Waals surface area (Å²) in [6, 6.07) is 16.3. The quantitative estimate of drug-likeness (QED) is 0.714. The largest absolute Gasteiger partial charge is 0.484 e. The first kappa shape index (κ1) is 16.8. The van der Waals surface area contributed by atoms with Gasteiger partial charge in [-0.15, -0.1) is 0 Å². The van der Waals surface area contributed by atoms with E-state index in [-0.39, 0.29) is 12.5 Å². The zero-order chi connectivity index (χ0) is 18.8. The number of hydrogen-bond donors (Lipinski definition) is 0. The lowest BCUT2D eigenvalue weighted by molar-refractivity contribution is -0.120. The van der Waals surface area contributed by atoms with Crippen molar-refractivity contribution < 1.29 is 9.53 Å². The molecule has 0 saturated heterocycles. The molecule has 0 unspecified atom stereocenters. The maximum absolute atomic E-state index is 12.8. The highest BCUT2D eigenvalue weighted by Gasteiger charge is 2.28. The van der Waals surface area contributed by atoms with E-state index in [2.05, 4.69) is 9.97 Å². The van der Waals surface area contributed by atoms with Crippen molar-refractivity contribution in [3.05, 3.63) is 54.1 Å². The molecule has 1 aromatic heterocycles. The third-order valence-electron chi connectivity index (χ3n) is 4.46. The van der Waals surface area contributed by atoms with Crippen LogP contribution in [0.15, 0.2) is 48.5 Å². The Labute approximate surface area is 156 Å². The van der Waals surface area contributed by atoms with Crippen LogP contribution in [0.25, 0.3) is 11.0 Å². The van der Waals surface area contributed by atoms with Crippen molar-refractivity contribution in [1.82, 2.24) is 9.97 Å². The summed E-state index contributed by atoms with van der Waals surface area (Å²) in [4.78, 5) is 25.7. The van der Waals surface area contributed by atoms with E-state index in [4.69, 9.17) is 10.00 Å². The van der Waals surface area contributed by atoms with Gasteiger partial charge in [0.1, 0.15) is 5.75 Å². The van der Waals surface area contributed by atoms with Crippen molar-refractivity contribution in [3.63, 3.8) is 0 Å². The highest BCUT2D eigenvalue weighted by atomic mass is 16.5. The van der Waals surface area contributed by atoms with Crippen molar-refractivity contribution >= 4 is 28.6 Å². The first-order valence-electron chi connectivity index (χ1n) is 8.57. The molecule has 0 spiro atoms. The van der Waals surface area contributed by atoms with Crippen LogP contribution in [-0.4, -0.2) is 42.6 Å². The number of benzene rings is 2. The van der Waals surface area contributed by atoms with Gasteiger partial charge in [-0.25, -0.2) is 9.97 Å². The minimum atomic E-state index is -0.182. The molecule has 0 fully saturated rings. The van der Waals surface area contributed by atoms with Crippen LogP contribution in [0.1, 0.15) is 5.56 Å². The summed E-state index contributed by atoms with van der Waals surface area (Å²) in [6.45, 7) is 1.08. The van der Waals surface area contributed by atoms with Crippen LogP contribution in [-0.2, 0) is 4.79 Å². The highest BCUT2D eigenvalue weighted by molar-refractivity contribution is 5.98. The molecule has 7 nitrogen and oxygen atoms in total. The number of nitriles is 1. The molecule has 4 rings (SSSR count). The molecule has 3 aromatic rings. The lowest BCUT2D eigenvalue weighted by atomic mass is 10.2. The fourth-order valence-corrected chi connectivity index (χ4v) is 2.97. The van der Waals surface area contributed by atoms with E-state index in [1.54, 1.807) is 29.2 Å². The lowest BCUT2D eigenvalue weighted by Gasteiger charge is -2.33. The van der Waals surface area contributed by atoms with Crippen molar-refractivity contribution in [2.24, 2.45) is 0 Å². The van der Waals surface area contributed by atoms with Crippen LogP contribution in [0, 0.1) is 11.3 Å². The second-order valence-corrected chi connectivity index (χ2v) is 6.25. The van der Waals surface area contributed by atoms with Crippen LogP contribution in [0.5, 0.6) is 5.75 Å². The van der Waals surface area contributed by atoms with Gasteiger partial charge in [0.2, 0.25) is 0 Å². The van der Waals surface area contributed by atoms with Gasteiger partial charge in [0.15, 0.2) is 18.2 Å². The number of hydrogen-bond acceptors (Lipinski definition) is 6. The standard InChI is InChI=1S/C20H17N5O2/c1-24-10-11-25(18(26)13-27-15-8-6-14(12-21)7-9-15)20-19(24)22-16-4-2-3-5-17(16)23-20/h2-9H,10-11,13H2,1H3. The minimum absolute atomic E-state index is 0.108. The SMILES string of the molecule is CN1CCN(C(=O)COc2ccc(C#N)cc2)c2nc3ccccc3nc21. The summed E-state index contributed by atoms with van der Waals surface area (Å²) >= 11 is 0. The molecule has 2 heterocycles. The fourth-order valence-electron chi connectivity index (χ4n) is 2.97. The molecule has 0 atom stereocenters. The Kier molecular flexibility index (Phi) is 4.30. The zero-order valence-corrected chi connectivity index (χ0v) is 14.8. The molecule has 0 saturated carbocycles. The second-order valence-electron chi connectivity index (χ2n) is 6.25. The molecule has 1 amide bonds. The summed E-state index contributed by atoms with van der Waals surface area (Å²) in [7, 11) is 1.94. The molecule has 1 aliphatic rings. The molecule has 27 heavy (non-hydrogen) atoms. The molecule has 0 aliphatic carbocycles. The van der Waals surface area contributed by atoms with Crippen molar-refractivity contribution in [1.29, 1.82) is 5.26 Å². The van der Waals surface area contributed by atoms with E-state index >= 15 is 0 Å². The summed E-state index contributed by atoms with van der Waals surface area (Å²) in [5.74, 6) is 1.60. The van der Waals surface area contributed by atoms with Crippen LogP contribution in [0.3, 0.4) is 0 Å². The Morgan fingerprint density at radius 1 is 1.07 bits per heavy atom. The Morgan fingerprint density at radius 3 is 2.41 bits per heavy atom. The first-order chi connectivity index (χ1) is 13.2. The number of aromatic nitrogens is 2. The van der Waals surface area contributed by atoms with Crippen molar-refractivity contribution in [3.8, 4) is 11.8 Å². The minimum Gasteiger partial charge on any atom is -0.484 e.